The fraction of sp³-hybridized carbons (Fsp3) is 0.846. The molecule has 0 saturated heterocycles. The summed E-state index contributed by atoms with van der Waals surface area (Å²) in [5.74, 6) is 3.41. The second-order valence-electron chi connectivity index (χ2n) is 9.95. The van der Waals surface area contributed by atoms with E-state index in [1.807, 2.05) is 0 Å². The van der Waals surface area contributed by atoms with E-state index in [0.717, 1.165) is 24.2 Å². The molecule has 2 nitrogen and oxygen atoms in total. The lowest BCUT2D eigenvalue weighted by molar-refractivity contribution is 0.258. The third kappa shape index (κ3) is 7.33. The zero-order valence-corrected chi connectivity index (χ0v) is 20.5. The van der Waals surface area contributed by atoms with Crippen molar-refractivity contribution < 1.29 is 0 Å². The molecule has 3 heteroatoms. The van der Waals surface area contributed by atoms with Crippen molar-refractivity contribution in [3.05, 3.63) is 23.5 Å². The van der Waals surface area contributed by atoms with Gasteiger partial charge in [0.15, 0.2) is 0 Å². The van der Waals surface area contributed by atoms with E-state index in [0.29, 0.717) is 10.7 Å². The summed E-state index contributed by atoms with van der Waals surface area (Å²) in [5.41, 5.74) is 2.41. The van der Waals surface area contributed by atoms with Gasteiger partial charge in [0.25, 0.3) is 0 Å². The van der Waals surface area contributed by atoms with Crippen LogP contribution in [0.4, 0.5) is 0 Å². The fourth-order valence-electron chi connectivity index (χ4n) is 5.74. The molecule has 1 atom stereocenters. The van der Waals surface area contributed by atoms with Crippen molar-refractivity contribution in [3.63, 3.8) is 0 Å². The average molecular weight is 464 g/mol. The molecule has 0 aliphatic heterocycles. The first-order valence-corrected chi connectivity index (χ1v) is 13.6. The van der Waals surface area contributed by atoms with Crippen molar-refractivity contribution in [2.75, 3.05) is 0 Å². The van der Waals surface area contributed by atoms with Gasteiger partial charge in [-0.25, -0.2) is 0 Å². The molecule has 1 unspecified atom stereocenters. The summed E-state index contributed by atoms with van der Waals surface area (Å²) < 4.78 is 0. The van der Waals surface area contributed by atoms with E-state index in [9.17, 15) is 0 Å². The van der Waals surface area contributed by atoms with Crippen LogP contribution in [0.15, 0.2) is 12.1 Å². The van der Waals surface area contributed by atoms with Crippen molar-refractivity contribution >= 4 is 15.9 Å². The molecular weight excluding hydrogens is 420 g/mol. The van der Waals surface area contributed by atoms with E-state index in [2.05, 4.69) is 52.1 Å². The van der Waals surface area contributed by atoms with Crippen molar-refractivity contribution in [3.8, 4) is 0 Å². The molecule has 164 valence electrons. The molecule has 0 amide bonds. The lowest BCUT2D eigenvalue weighted by Crippen LogP contribution is -2.24. The Morgan fingerprint density at radius 3 is 2.14 bits per heavy atom. The highest BCUT2D eigenvalue weighted by molar-refractivity contribution is 9.09. The van der Waals surface area contributed by atoms with E-state index >= 15 is 0 Å². The van der Waals surface area contributed by atoms with Crippen LogP contribution >= 0.6 is 15.9 Å². The van der Waals surface area contributed by atoms with E-state index in [1.54, 1.807) is 0 Å². The second kappa shape index (κ2) is 12.4. The number of aromatic nitrogens is 2. The molecule has 0 radical (unpaired) electrons. The molecule has 2 saturated carbocycles. The van der Waals surface area contributed by atoms with Crippen LogP contribution in [0.25, 0.3) is 0 Å². The number of alkyl halides is 1. The standard InChI is InChI=1S/C26H43BrN2/c1-3-5-6-8-21-11-15-23(16-12-21)26-18-17-24(28-29-26)19-25(27)22-13-9-20(7-4-2)10-14-22/h17-18,20-23,25H,3-16,19H2,1-2H3/t20-,21-,22-,23-,25?. The monoisotopic (exact) mass is 462 g/mol. The molecule has 1 aromatic heterocycles. The van der Waals surface area contributed by atoms with E-state index in [4.69, 9.17) is 0 Å². The summed E-state index contributed by atoms with van der Waals surface area (Å²) in [5, 5.41) is 9.30. The van der Waals surface area contributed by atoms with Crippen LogP contribution in [0.3, 0.4) is 0 Å². The van der Waals surface area contributed by atoms with Crippen LogP contribution in [0.2, 0.25) is 0 Å². The summed E-state index contributed by atoms with van der Waals surface area (Å²) in [6.07, 6.45) is 20.4. The molecule has 1 aromatic rings. The van der Waals surface area contributed by atoms with Crippen LogP contribution in [0.1, 0.15) is 121 Å². The summed E-state index contributed by atoms with van der Waals surface area (Å²) in [7, 11) is 0. The minimum Gasteiger partial charge on any atom is -0.155 e. The number of hydrogen-bond donors (Lipinski definition) is 0. The predicted octanol–water partition coefficient (Wildman–Crippen LogP) is 8.24. The first kappa shape index (κ1) is 23.2. The van der Waals surface area contributed by atoms with Gasteiger partial charge in [-0.1, -0.05) is 81.1 Å². The molecular formula is C26H43BrN2. The van der Waals surface area contributed by atoms with Crippen LogP contribution < -0.4 is 0 Å². The van der Waals surface area contributed by atoms with E-state index < -0.39 is 0 Å². The number of hydrogen-bond acceptors (Lipinski definition) is 2. The Morgan fingerprint density at radius 2 is 1.52 bits per heavy atom. The highest BCUT2D eigenvalue weighted by atomic mass is 79.9. The van der Waals surface area contributed by atoms with Gasteiger partial charge in [0.2, 0.25) is 0 Å². The molecule has 2 fully saturated rings. The van der Waals surface area contributed by atoms with Gasteiger partial charge >= 0.3 is 0 Å². The zero-order valence-electron chi connectivity index (χ0n) is 18.9. The van der Waals surface area contributed by atoms with Crippen molar-refractivity contribution in [2.24, 2.45) is 17.8 Å². The smallest absolute Gasteiger partial charge is 0.0662 e. The fourth-order valence-corrected chi connectivity index (χ4v) is 6.60. The highest BCUT2D eigenvalue weighted by Gasteiger charge is 2.27. The van der Waals surface area contributed by atoms with Gasteiger partial charge in [-0.15, -0.1) is 0 Å². The maximum absolute atomic E-state index is 4.67. The van der Waals surface area contributed by atoms with Crippen molar-refractivity contribution in [1.82, 2.24) is 10.2 Å². The first-order chi connectivity index (χ1) is 14.2. The van der Waals surface area contributed by atoms with Crippen LogP contribution in [0, 0.1) is 17.8 Å². The van der Waals surface area contributed by atoms with Gasteiger partial charge in [-0.2, -0.15) is 10.2 Å². The minimum atomic E-state index is 0.559. The van der Waals surface area contributed by atoms with Gasteiger partial charge in [0.05, 0.1) is 11.4 Å². The van der Waals surface area contributed by atoms with Gasteiger partial charge in [0, 0.05) is 17.2 Å². The maximum Gasteiger partial charge on any atom is 0.0662 e. The number of halogens is 1. The van der Waals surface area contributed by atoms with Crippen LogP contribution in [0.5, 0.6) is 0 Å². The molecule has 2 aliphatic carbocycles. The second-order valence-corrected chi connectivity index (χ2v) is 11.1. The molecule has 3 rings (SSSR count). The third-order valence-electron chi connectivity index (χ3n) is 7.73. The van der Waals surface area contributed by atoms with Gasteiger partial charge < -0.3 is 0 Å². The third-order valence-corrected chi connectivity index (χ3v) is 8.80. The van der Waals surface area contributed by atoms with Crippen LogP contribution in [-0.4, -0.2) is 15.0 Å². The van der Waals surface area contributed by atoms with Gasteiger partial charge in [0.1, 0.15) is 0 Å². The molecule has 1 heterocycles. The topological polar surface area (TPSA) is 25.8 Å². The molecule has 0 N–H and O–H groups in total. The molecule has 29 heavy (non-hydrogen) atoms. The van der Waals surface area contributed by atoms with Gasteiger partial charge in [-0.3, -0.25) is 0 Å². The van der Waals surface area contributed by atoms with E-state index in [1.165, 1.54) is 101 Å². The zero-order chi connectivity index (χ0) is 20.5. The summed E-state index contributed by atoms with van der Waals surface area (Å²) in [4.78, 5) is 0.559. The number of nitrogens with zero attached hydrogens (tertiary/aromatic N) is 2. The van der Waals surface area contributed by atoms with Crippen LogP contribution in [-0.2, 0) is 6.42 Å². The Morgan fingerprint density at radius 1 is 0.828 bits per heavy atom. The largest absolute Gasteiger partial charge is 0.155 e. The Balaban J connectivity index is 1.41. The quantitative estimate of drug-likeness (QED) is 0.258. The van der Waals surface area contributed by atoms with Crippen molar-refractivity contribution in [2.45, 2.75) is 121 Å². The highest BCUT2D eigenvalue weighted by Crippen LogP contribution is 2.38. The maximum atomic E-state index is 4.67. The average Bonchev–Trinajstić information content (AvgIpc) is 2.76. The Hall–Kier alpha value is -0.440. The minimum absolute atomic E-state index is 0.559. The Bertz CT molecular complexity index is 557. The Kier molecular flexibility index (Phi) is 9.95. The molecule has 2 aliphatic rings. The van der Waals surface area contributed by atoms with Crippen molar-refractivity contribution in [1.29, 1.82) is 0 Å². The predicted molar refractivity (Wildman–Crippen MR) is 128 cm³/mol. The lowest BCUT2D eigenvalue weighted by Gasteiger charge is -2.31. The SMILES string of the molecule is CCCCC[C@H]1CC[C@H](c2ccc(CC(Br)[C@H]3CC[C@H](CCC)CC3)nn2)CC1. The lowest BCUT2D eigenvalue weighted by atomic mass is 9.78. The molecule has 0 aromatic carbocycles. The number of rotatable bonds is 10. The van der Waals surface area contributed by atoms with Gasteiger partial charge in [-0.05, 0) is 68.4 Å². The normalized spacial score (nSPS) is 28.9. The molecule has 0 spiro atoms. The van der Waals surface area contributed by atoms with E-state index in [-0.39, 0.29) is 0 Å². The Labute approximate surface area is 188 Å². The first-order valence-electron chi connectivity index (χ1n) is 12.7. The summed E-state index contributed by atoms with van der Waals surface area (Å²) in [6.45, 7) is 4.62. The summed E-state index contributed by atoms with van der Waals surface area (Å²) in [6, 6.07) is 4.54. The molecule has 0 bridgehead atoms. The number of unbranched alkanes of at least 4 members (excludes halogenated alkanes) is 2. The summed E-state index contributed by atoms with van der Waals surface area (Å²) >= 11 is 3.99.